The molecule has 2 aromatic rings. The molecule has 0 aliphatic rings. The molecule has 0 bridgehead atoms. The number of halogens is 2. The SMILES string of the molecule is COc1nc(Cl)nc(Nc2ccc(C)cc2Br)n1. The highest BCUT2D eigenvalue weighted by atomic mass is 79.9. The van der Waals surface area contributed by atoms with E-state index >= 15 is 0 Å². The summed E-state index contributed by atoms with van der Waals surface area (Å²) in [5, 5.41) is 3.12. The number of methoxy groups -OCH3 is 1. The van der Waals surface area contributed by atoms with Gasteiger partial charge in [0.15, 0.2) is 0 Å². The number of nitrogens with one attached hydrogen (secondary N) is 1. The lowest BCUT2D eigenvalue weighted by Gasteiger charge is -2.08. The van der Waals surface area contributed by atoms with Crippen LogP contribution in [0.25, 0.3) is 0 Å². The van der Waals surface area contributed by atoms with Crippen LogP contribution in [0.1, 0.15) is 5.56 Å². The number of nitrogens with zero attached hydrogens (tertiary/aromatic N) is 3. The third-order valence-electron chi connectivity index (χ3n) is 2.14. The van der Waals surface area contributed by atoms with Gasteiger partial charge in [0.05, 0.1) is 12.8 Å². The summed E-state index contributed by atoms with van der Waals surface area (Å²) in [5.41, 5.74) is 1.99. The van der Waals surface area contributed by atoms with Crippen molar-refractivity contribution in [3.63, 3.8) is 0 Å². The van der Waals surface area contributed by atoms with E-state index in [2.05, 4.69) is 36.2 Å². The average molecular weight is 330 g/mol. The Bertz CT molecular complexity index is 579. The first-order valence-corrected chi connectivity index (χ1v) is 6.24. The van der Waals surface area contributed by atoms with Crippen molar-refractivity contribution in [1.82, 2.24) is 15.0 Å². The molecule has 18 heavy (non-hydrogen) atoms. The number of hydrogen-bond donors (Lipinski definition) is 1. The summed E-state index contributed by atoms with van der Waals surface area (Å²) in [7, 11) is 1.47. The summed E-state index contributed by atoms with van der Waals surface area (Å²) in [4.78, 5) is 11.8. The molecule has 1 aromatic heterocycles. The van der Waals surface area contributed by atoms with E-state index in [0.29, 0.717) is 5.95 Å². The zero-order valence-corrected chi connectivity index (χ0v) is 12.1. The molecule has 0 saturated heterocycles. The van der Waals surface area contributed by atoms with Gasteiger partial charge in [-0.25, -0.2) is 0 Å². The van der Waals surface area contributed by atoms with Gasteiger partial charge in [-0.05, 0) is 52.2 Å². The number of rotatable bonds is 3. The third-order valence-corrected chi connectivity index (χ3v) is 2.97. The highest BCUT2D eigenvalue weighted by Gasteiger charge is 2.07. The second kappa shape index (κ2) is 5.49. The van der Waals surface area contributed by atoms with Crippen molar-refractivity contribution < 1.29 is 4.74 Å². The summed E-state index contributed by atoms with van der Waals surface area (Å²) in [5.74, 6) is 0.330. The molecule has 0 saturated carbocycles. The maximum atomic E-state index is 5.77. The summed E-state index contributed by atoms with van der Waals surface area (Å²) in [6.07, 6.45) is 0. The van der Waals surface area contributed by atoms with Gasteiger partial charge in [0.2, 0.25) is 11.2 Å². The molecule has 1 N–H and O–H groups in total. The number of benzene rings is 1. The van der Waals surface area contributed by atoms with E-state index in [1.54, 1.807) is 0 Å². The fourth-order valence-corrected chi connectivity index (χ4v) is 2.07. The molecule has 0 radical (unpaired) electrons. The van der Waals surface area contributed by atoms with E-state index in [1.807, 2.05) is 25.1 Å². The molecule has 2 rings (SSSR count). The van der Waals surface area contributed by atoms with Gasteiger partial charge in [0.1, 0.15) is 0 Å². The standard InChI is InChI=1S/C11H10BrClN4O/c1-6-3-4-8(7(12)5-6)14-10-15-9(13)16-11(17-10)18-2/h3-5H,1-2H3,(H,14,15,16,17). The molecule has 1 heterocycles. The van der Waals surface area contributed by atoms with E-state index in [9.17, 15) is 0 Å². The Balaban J connectivity index is 2.30. The minimum Gasteiger partial charge on any atom is -0.467 e. The predicted molar refractivity (Wildman–Crippen MR) is 73.6 cm³/mol. The highest BCUT2D eigenvalue weighted by Crippen LogP contribution is 2.26. The molecule has 5 nitrogen and oxygen atoms in total. The lowest BCUT2D eigenvalue weighted by atomic mass is 10.2. The van der Waals surface area contributed by atoms with Crippen LogP contribution < -0.4 is 10.1 Å². The van der Waals surface area contributed by atoms with Gasteiger partial charge in [0, 0.05) is 4.47 Å². The molecule has 0 spiro atoms. The van der Waals surface area contributed by atoms with Crippen molar-refractivity contribution in [1.29, 1.82) is 0 Å². The smallest absolute Gasteiger partial charge is 0.322 e. The largest absolute Gasteiger partial charge is 0.467 e. The van der Waals surface area contributed by atoms with Crippen LogP contribution >= 0.6 is 27.5 Å². The van der Waals surface area contributed by atoms with Gasteiger partial charge in [-0.15, -0.1) is 0 Å². The number of aryl methyl sites for hydroxylation is 1. The lowest BCUT2D eigenvalue weighted by Crippen LogP contribution is -2.02. The summed E-state index contributed by atoms with van der Waals surface area (Å²) >= 11 is 9.23. The predicted octanol–water partition coefficient (Wildman–Crippen LogP) is 3.35. The second-order valence-electron chi connectivity index (χ2n) is 3.52. The molecule has 0 atom stereocenters. The molecule has 0 aliphatic heterocycles. The Labute approximate surface area is 118 Å². The maximum Gasteiger partial charge on any atom is 0.322 e. The van der Waals surface area contributed by atoms with Gasteiger partial charge in [0.25, 0.3) is 0 Å². The third kappa shape index (κ3) is 3.08. The first kappa shape index (κ1) is 13.0. The normalized spacial score (nSPS) is 10.2. The van der Waals surface area contributed by atoms with Crippen LogP contribution in [-0.2, 0) is 0 Å². The van der Waals surface area contributed by atoms with Crippen molar-refractivity contribution in [2.75, 3.05) is 12.4 Å². The van der Waals surface area contributed by atoms with Crippen LogP contribution in [0, 0.1) is 6.92 Å². The Morgan fingerprint density at radius 2 is 2.06 bits per heavy atom. The number of hydrogen-bond acceptors (Lipinski definition) is 5. The molecule has 7 heteroatoms. The van der Waals surface area contributed by atoms with Crippen molar-refractivity contribution in [3.05, 3.63) is 33.5 Å². The van der Waals surface area contributed by atoms with E-state index in [4.69, 9.17) is 16.3 Å². The van der Waals surface area contributed by atoms with Crippen LogP contribution in [0.5, 0.6) is 6.01 Å². The summed E-state index contributed by atoms with van der Waals surface area (Å²) in [6, 6.07) is 6.06. The van der Waals surface area contributed by atoms with Gasteiger partial charge >= 0.3 is 6.01 Å². The van der Waals surface area contributed by atoms with E-state index in [0.717, 1.165) is 15.7 Å². The average Bonchev–Trinajstić information content (AvgIpc) is 2.32. The quantitative estimate of drug-likeness (QED) is 0.936. The van der Waals surface area contributed by atoms with Crippen LogP contribution in [-0.4, -0.2) is 22.1 Å². The summed E-state index contributed by atoms with van der Waals surface area (Å²) in [6.45, 7) is 2.01. The number of aromatic nitrogens is 3. The molecule has 0 aliphatic carbocycles. The first-order chi connectivity index (χ1) is 8.58. The van der Waals surface area contributed by atoms with Crippen LogP contribution in [0.4, 0.5) is 11.6 Å². The fourth-order valence-electron chi connectivity index (χ4n) is 1.32. The van der Waals surface area contributed by atoms with E-state index in [-0.39, 0.29) is 11.3 Å². The topological polar surface area (TPSA) is 59.9 Å². The number of ether oxygens (including phenoxy) is 1. The van der Waals surface area contributed by atoms with Crippen LogP contribution in [0.2, 0.25) is 5.28 Å². The molecule has 1 aromatic carbocycles. The second-order valence-corrected chi connectivity index (χ2v) is 4.72. The Morgan fingerprint density at radius 1 is 1.28 bits per heavy atom. The van der Waals surface area contributed by atoms with Crippen molar-refractivity contribution >= 4 is 39.2 Å². The van der Waals surface area contributed by atoms with Gasteiger partial charge in [-0.2, -0.15) is 15.0 Å². The zero-order chi connectivity index (χ0) is 13.1. The Morgan fingerprint density at radius 3 is 2.72 bits per heavy atom. The van der Waals surface area contributed by atoms with E-state index < -0.39 is 0 Å². The minimum absolute atomic E-state index is 0.0765. The molecular formula is C11H10BrClN4O. The van der Waals surface area contributed by atoms with Crippen molar-refractivity contribution in [2.24, 2.45) is 0 Å². The van der Waals surface area contributed by atoms with Crippen LogP contribution in [0.3, 0.4) is 0 Å². The van der Waals surface area contributed by atoms with Gasteiger partial charge in [-0.3, -0.25) is 0 Å². The summed E-state index contributed by atoms with van der Waals surface area (Å²) < 4.78 is 5.84. The molecule has 94 valence electrons. The molecule has 0 fully saturated rings. The monoisotopic (exact) mass is 328 g/mol. The van der Waals surface area contributed by atoms with Gasteiger partial charge in [-0.1, -0.05) is 6.07 Å². The Hall–Kier alpha value is -1.40. The number of anilines is 2. The van der Waals surface area contributed by atoms with Gasteiger partial charge < -0.3 is 10.1 Å². The molecule has 0 unspecified atom stereocenters. The first-order valence-electron chi connectivity index (χ1n) is 5.07. The van der Waals surface area contributed by atoms with Crippen molar-refractivity contribution in [3.8, 4) is 6.01 Å². The lowest BCUT2D eigenvalue weighted by molar-refractivity contribution is 0.379. The van der Waals surface area contributed by atoms with E-state index in [1.165, 1.54) is 7.11 Å². The maximum absolute atomic E-state index is 5.77. The highest BCUT2D eigenvalue weighted by molar-refractivity contribution is 9.10. The van der Waals surface area contributed by atoms with Crippen molar-refractivity contribution in [2.45, 2.75) is 6.92 Å². The minimum atomic E-state index is 0.0765. The molecule has 0 amide bonds. The fraction of sp³-hybridized carbons (Fsp3) is 0.182. The zero-order valence-electron chi connectivity index (χ0n) is 9.74. The van der Waals surface area contributed by atoms with Crippen LogP contribution in [0.15, 0.2) is 22.7 Å². The molecular weight excluding hydrogens is 320 g/mol. The Kier molecular flexibility index (Phi) is 3.98.